The average Bonchev–Trinajstić information content (AvgIpc) is 2.15. The Kier molecular flexibility index (Phi) is 2.76. The van der Waals surface area contributed by atoms with Crippen LogP contribution in [0.3, 0.4) is 0 Å². The van der Waals surface area contributed by atoms with Crippen molar-refractivity contribution in [2.45, 2.75) is 26.4 Å². The monoisotopic (exact) mass is 158 g/mol. The van der Waals surface area contributed by atoms with Gasteiger partial charge in [-0.1, -0.05) is 0 Å². The second kappa shape index (κ2) is 3.62. The lowest BCUT2D eigenvalue weighted by Crippen LogP contribution is -2.16. The normalized spacial score (nSPS) is 25.5. The third kappa shape index (κ3) is 2.12. The molecule has 64 valence electrons. The fourth-order valence-electron chi connectivity index (χ4n) is 0.966. The van der Waals surface area contributed by atoms with E-state index in [9.17, 15) is 0 Å². The van der Waals surface area contributed by atoms with E-state index >= 15 is 0 Å². The van der Waals surface area contributed by atoms with Crippen LogP contribution in [0.5, 0.6) is 0 Å². The Morgan fingerprint density at radius 1 is 1.45 bits per heavy atom. The van der Waals surface area contributed by atoms with Gasteiger partial charge in [0.1, 0.15) is 17.6 Å². The lowest BCUT2D eigenvalue weighted by Gasteiger charge is -2.12. The van der Waals surface area contributed by atoms with Gasteiger partial charge < -0.3 is 14.6 Å². The van der Waals surface area contributed by atoms with Gasteiger partial charge in [0.05, 0.1) is 13.2 Å². The molecule has 0 fully saturated rings. The number of hydrogen-bond acceptors (Lipinski definition) is 3. The van der Waals surface area contributed by atoms with E-state index in [0.29, 0.717) is 6.61 Å². The molecular weight excluding hydrogens is 144 g/mol. The molecule has 1 unspecified atom stereocenters. The van der Waals surface area contributed by atoms with Gasteiger partial charge in [-0.25, -0.2) is 0 Å². The highest BCUT2D eigenvalue weighted by molar-refractivity contribution is 4.97. The third-order valence-corrected chi connectivity index (χ3v) is 1.80. The summed E-state index contributed by atoms with van der Waals surface area (Å²) in [6.45, 7) is 4.42. The van der Waals surface area contributed by atoms with Crippen LogP contribution in [0, 0.1) is 0 Å². The standard InChI is InChI=1S/C8H14O3/c1-6-7(2)11-8(5-9)3-4-10-6/h8-9H,3-5H2,1-2H3. The first-order chi connectivity index (χ1) is 5.24. The zero-order chi connectivity index (χ0) is 8.27. The summed E-state index contributed by atoms with van der Waals surface area (Å²) in [7, 11) is 0. The summed E-state index contributed by atoms with van der Waals surface area (Å²) in [5, 5.41) is 8.82. The molecule has 1 heterocycles. The van der Waals surface area contributed by atoms with E-state index in [0.717, 1.165) is 17.9 Å². The average molecular weight is 158 g/mol. The van der Waals surface area contributed by atoms with Crippen LogP contribution in [0.15, 0.2) is 11.5 Å². The van der Waals surface area contributed by atoms with Gasteiger partial charge in [-0.15, -0.1) is 0 Å². The van der Waals surface area contributed by atoms with Crippen molar-refractivity contribution in [1.82, 2.24) is 0 Å². The number of allylic oxidation sites excluding steroid dienone is 2. The van der Waals surface area contributed by atoms with Crippen molar-refractivity contribution in [2.24, 2.45) is 0 Å². The number of aliphatic hydroxyl groups is 1. The molecule has 1 atom stereocenters. The Morgan fingerprint density at radius 2 is 2.18 bits per heavy atom. The van der Waals surface area contributed by atoms with Gasteiger partial charge in [0.25, 0.3) is 0 Å². The molecule has 1 rings (SSSR count). The zero-order valence-electron chi connectivity index (χ0n) is 6.96. The number of aliphatic hydroxyl groups excluding tert-OH is 1. The molecule has 0 spiro atoms. The summed E-state index contributed by atoms with van der Waals surface area (Å²) in [4.78, 5) is 0. The van der Waals surface area contributed by atoms with E-state index in [1.165, 1.54) is 0 Å². The SMILES string of the molecule is CC1=C(C)OC(CO)CCO1. The molecule has 0 aromatic carbocycles. The van der Waals surface area contributed by atoms with E-state index in [-0.39, 0.29) is 12.7 Å². The molecule has 1 aliphatic heterocycles. The first kappa shape index (κ1) is 8.40. The number of hydrogen-bond donors (Lipinski definition) is 1. The van der Waals surface area contributed by atoms with Crippen molar-refractivity contribution in [2.75, 3.05) is 13.2 Å². The van der Waals surface area contributed by atoms with Crippen LogP contribution in [0.25, 0.3) is 0 Å². The van der Waals surface area contributed by atoms with Crippen LogP contribution in [-0.2, 0) is 9.47 Å². The molecule has 0 bridgehead atoms. The Balaban J connectivity index is 2.58. The fourth-order valence-corrected chi connectivity index (χ4v) is 0.966. The molecule has 0 radical (unpaired) electrons. The lowest BCUT2D eigenvalue weighted by atomic mass is 10.3. The largest absolute Gasteiger partial charge is 0.495 e. The summed E-state index contributed by atoms with van der Waals surface area (Å²) < 4.78 is 10.7. The predicted octanol–water partition coefficient (Wildman–Crippen LogP) is 1.04. The molecule has 0 aliphatic carbocycles. The van der Waals surface area contributed by atoms with Crippen LogP contribution in [0.1, 0.15) is 20.3 Å². The first-order valence-corrected chi connectivity index (χ1v) is 3.82. The minimum atomic E-state index is -0.0903. The summed E-state index contributed by atoms with van der Waals surface area (Å²) in [6, 6.07) is 0. The summed E-state index contributed by atoms with van der Waals surface area (Å²) in [6.07, 6.45) is 0.665. The maximum absolute atomic E-state index is 8.82. The highest BCUT2D eigenvalue weighted by atomic mass is 16.5. The van der Waals surface area contributed by atoms with Gasteiger partial charge in [0.15, 0.2) is 0 Å². The molecule has 1 N–H and O–H groups in total. The van der Waals surface area contributed by atoms with E-state index in [4.69, 9.17) is 14.6 Å². The molecule has 1 aliphatic rings. The maximum Gasteiger partial charge on any atom is 0.131 e. The highest BCUT2D eigenvalue weighted by Gasteiger charge is 2.14. The molecular formula is C8H14O3. The molecule has 3 nitrogen and oxygen atoms in total. The van der Waals surface area contributed by atoms with Gasteiger partial charge in [-0.2, -0.15) is 0 Å². The van der Waals surface area contributed by atoms with Crippen LogP contribution >= 0.6 is 0 Å². The molecule has 0 saturated carbocycles. The van der Waals surface area contributed by atoms with Crippen LogP contribution < -0.4 is 0 Å². The van der Waals surface area contributed by atoms with E-state index in [1.807, 2.05) is 13.8 Å². The van der Waals surface area contributed by atoms with Crippen LogP contribution in [0.4, 0.5) is 0 Å². The summed E-state index contributed by atoms with van der Waals surface area (Å²) >= 11 is 0. The van der Waals surface area contributed by atoms with Crippen molar-refractivity contribution < 1.29 is 14.6 Å². The lowest BCUT2D eigenvalue weighted by molar-refractivity contribution is 0.0558. The maximum atomic E-state index is 8.82. The smallest absolute Gasteiger partial charge is 0.131 e. The molecule has 0 aromatic rings. The Morgan fingerprint density at radius 3 is 2.82 bits per heavy atom. The number of ether oxygens (including phenoxy) is 2. The molecule has 0 saturated heterocycles. The summed E-state index contributed by atoms with van der Waals surface area (Å²) in [5.74, 6) is 1.60. The Hall–Kier alpha value is -0.700. The van der Waals surface area contributed by atoms with Gasteiger partial charge in [0, 0.05) is 6.42 Å². The van der Waals surface area contributed by atoms with Gasteiger partial charge in [-0.05, 0) is 13.8 Å². The van der Waals surface area contributed by atoms with E-state index < -0.39 is 0 Å². The minimum absolute atomic E-state index is 0.0635. The second-order valence-electron chi connectivity index (χ2n) is 2.67. The topological polar surface area (TPSA) is 38.7 Å². The number of rotatable bonds is 1. The molecule has 0 amide bonds. The predicted molar refractivity (Wildman–Crippen MR) is 40.9 cm³/mol. The van der Waals surface area contributed by atoms with E-state index in [2.05, 4.69) is 0 Å². The van der Waals surface area contributed by atoms with Crippen molar-refractivity contribution in [1.29, 1.82) is 0 Å². The quantitative estimate of drug-likeness (QED) is 0.619. The van der Waals surface area contributed by atoms with Crippen LogP contribution in [-0.4, -0.2) is 24.4 Å². The van der Waals surface area contributed by atoms with Crippen LogP contribution in [0.2, 0.25) is 0 Å². The van der Waals surface area contributed by atoms with Crippen molar-refractivity contribution in [3.05, 3.63) is 11.5 Å². The minimum Gasteiger partial charge on any atom is -0.495 e. The van der Waals surface area contributed by atoms with Crippen molar-refractivity contribution in [3.8, 4) is 0 Å². The first-order valence-electron chi connectivity index (χ1n) is 3.82. The zero-order valence-corrected chi connectivity index (χ0v) is 6.96. The highest BCUT2D eigenvalue weighted by Crippen LogP contribution is 2.16. The molecule has 0 aromatic heterocycles. The molecule has 11 heavy (non-hydrogen) atoms. The van der Waals surface area contributed by atoms with Gasteiger partial charge in [-0.3, -0.25) is 0 Å². The second-order valence-corrected chi connectivity index (χ2v) is 2.67. The van der Waals surface area contributed by atoms with Gasteiger partial charge >= 0.3 is 0 Å². The van der Waals surface area contributed by atoms with E-state index in [1.54, 1.807) is 0 Å². The molecule has 3 heteroatoms. The Bertz CT molecular complexity index is 163. The van der Waals surface area contributed by atoms with Gasteiger partial charge in [0.2, 0.25) is 0 Å². The fraction of sp³-hybridized carbons (Fsp3) is 0.750. The van der Waals surface area contributed by atoms with Crippen molar-refractivity contribution in [3.63, 3.8) is 0 Å². The Labute approximate surface area is 66.6 Å². The third-order valence-electron chi connectivity index (χ3n) is 1.80. The summed E-state index contributed by atoms with van der Waals surface area (Å²) in [5.41, 5.74) is 0. The van der Waals surface area contributed by atoms with Crippen molar-refractivity contribution >= 4 is 0 Å².